The van der Waals surface area contributed by atoms with Crippen molar-refractivity contribution in [1.29, 1.82) is 0 Å². The van der Waals surface area contributed by atoms with Crippen LogP contribution in [-0.4, -0.2) is 48.3 Å². The van der Waals surface area contributed by atoms with Gasteiger partial charge < -0.3 is 9.80 Å². The highest BCUT2D eigenvalue weighted by Crippen LogP contribution is 2.21. The molecule has 1 saturated carbocycles. The first kappa shape index (κ1) is 15.5. The third-order valence-electron chi connectivity index (χ3n) is 4.26. The summed E-state index contributed by atoms with van der Waals surface area (Å²) in [4.78, 5) is 27.9. The zero-order valence-electron chi connectivity index (χ0n) is 12.9. The molecule has 114 valence electrons. The average Bonchev–Trinajstić information content (AvgIpc) is 2.55. The summed E-state index contributed by atoms with van der Waals surface area (Å²) in [5.41, 5.74) is 0.619. The summed E-state index contributed by atoms with van der Waals surface area (Å²) >= 11 is 0. The molecule has 0 heterocycles. The van der Waals surface area contributed by atoms with Crippen molar-refractivity contribution in [2.24, 2.45) is 0 Å². The summed E-state index contributed by atoms with van der Waals surface area (Å²) < 4.78 is 0. The topological polar surface area (TPSA) is 40.6 Å². The van der Waals surface area contributed by atoms with Gasteiger partial charge in [-0.25, -0.2) is 0 Å². The van der Waals surface area contributed by atoms with Crippen molar-refractivity contribution < 1.29 is 9.59 Å². The fourth-order valence-corrected chi connectivity index (χ4v) is 2.86. The Morgan fingerprint density at radius 3 is 2.29 bits per heavy atom. The van der Waals surface area contributed by atoms with E-state index in [1.165, 1.54) is 24.2 Å². The van der Waals surface area contributed by atoms with E-state index in [1.807, 2.05) is 30.1 Å². The molecule has 0 unspecified atom stereocenters. The number of nitrogens with zero attached hydrogens (tertiary/aromatic N) is 2. The van der Waals surface area contributed by atoms with E-state index in [9.17, 15) is 9.59 Å². The van der Waals surface area contributed by atoms with Crippen molar-refractivity contribution in [3.63, 3.8) is 0 Å². The normalized spacial score (nSPS) is 15.5. The maximum Gasteiger partial charge on any atom is 0.254 e. The third-order valence-corrected chi connectivity index (χ3v) is 4.26. The number of hydrogen-bond donors (Lipinski definition) is 0. The second kappa shape index (κ2) is 7.25. The summed E-state index contributed by atoms with van der Waals surface area (Å²) in [6, 6.07) is 9.42. The molecule has 1 aromatic rings. The van der Waals surface area contributed by atoms with E-state index >= 15 is 0 Å². The number of carbonyl (C=O) groups excluding carboxylic acids is 2. The summed E-state index contributed by atoms with van der Waals surface area (Å²) in [6.45, 7) is 0.140. The van der Waals surface area contributed by atoms with Gasteiger partial charge in [-0.15, -0.1) is 0 Å². The number of benzene rings is 1. The van der Waals surface area contributed by atoms with Gasteiger partial charge in [0.05, 0.1) is 6.54 Å². The first-order valence-electron chi connectivity index (χ1n) is 7.66. The van der Waals surface area contributed by atoms with Gasteiger partial charge in [-0.2, -0.15) is 0 Å². The lowest BCUT2D eigenvalue weighted by Gasteiger charge is -2.32. The highest BCUT2D eigenvalue weighted by Gasteiger charge is 2.24. The van der Waals surface area contributed by atoms with E-state index in [0.29, 0.717) is 11.6 Å². The lowest BCUT2D eigenvalue weighted by Crippen LogP contribution is -2.44. The Balaban J connectivity index is 1.90. The fourth-order valence-electron chi connectivity index (χ4n) is 2.86. The van der Waals surface area contributed by atoms with Crippen molar-refractivity contribution in [3.05, 3.63) is 35.9 Å². The molecule has 21 heavy (non-hydrogen) atoms. The molecule has 1 fully saturated rings. The van der Waals surface area contributed by atoms with Crippen LogP contribution in [0.5, 0.6) is 0 Å². The third kappa shape index (κ3) is 4.06. The second-order valence-electron chi connectivity index (χ2n) is 5.82. The molecule has 1 aliphatic carbocycles. The SMILES string of the molecule is CN(CC(=O)N(C)C1CCCCC1)C(=O)c1ccccc1. The minimum Gasteiger partial charge on any atom is -0.341 e. The van der Waals surface area contributed by atoms with Gasteiger partial charge in [0.15, 0.2) is 0 Å². The predicted octanol–water partition coefficient (Wildman–Crippen LogP) is 2.55. The lowest BCUT2D eigenvalue weighted by molar-refractivity contribution is -0.133. The molecule has 0 saturated heterocycles. The van der Waals surface area contributed by atoms with Gasteiger partial charge in [-0.1, -0.05) is 37.5 Å². The van der Waals surface area contributed by atoms with Gasteiger partial charge in [0.2, 0.25) is 5.91 Å². The van der Waals surface area contributed by atoms with Crippen molar-refractivity contribution in [2.75, 3.05) is 20.6 Å². The zero-order chi connectivity index (χ0) is 15.2. The molecule has 0 atom stereocenters. The second-order valence-corrected chi connectivity index (χ2v) is 5.82. The minimum absolute atomic E-state index is 0.0219. The minimum atomic E-state index is -0.110. The van der Waals surface area contributed by atoms with Crippen LogP contribution in [0.2, 0.25) is 0 Å². The van der Waals surface area contributed by atoms with Crippen LogP contribution in [0.1, 0.15) is 42.5 Å². The molecule has 2 amide bonds. The Morgan fingerprint density at radius 1 is 1.05 bits per heavy atom. The lowest BCUT2D eigenvalue weighted by atomic mass is 9.94. The molecule has 0 radical (unpaired) electrons. The van der Waals surface area contributed by atoms with Crippen molar-refractivity contribution in [1.82, 2.24) is 9.80 Å². The first-order valence-corrected chi connectivity index (χ1v) is 7.66. The monoisotopic (exact) mass is 288 g/mol. The van der Waals surface area contributed by atoms with Crippen molar-refractivity contribution >= 4 is 11.8 Å². The molecule has 0 spiro atoms. The highest BCUT2D eigenvalue weighted by molar-refractivity contribution is 5.96. The highest BCUT2D eigenvalue weighted by atomic mass is 16.2. The molecule has 4 nitrogen and oxygen atoms in total. The summed E-state index contributed by atoms with van der Waals surface area (Å²) in [5.74, 6) is -0.0883. The Hall–Kier alpha value is -1.84. The van der Waals surface area contributed by atoms with Crippen LogP contribution >= 0.6 is 0 Å². The quantitative estimate of drug-likeness (QED) is 0.854. The number of amides is 2. The van der Waals surface area contributed by atoms with Crippen LogP contribution in [-0.2, 0) is 4.79 Å². The van der Waals surface area contributed by atoms with Gasteiger partial charge in [-0.3, -0.25) is 9.59 Å². The molecule has 1 aliphatic rings. The molecule has 1 aromatic carbocycles. The van der Waals surface area contributed by atoms with Gasteiger partial charge in [-0.05, 0) is 25.0 Å². The molecule has 0 N–H and O–H groups in total. The van der Waals surface area contributed by atoms with E-state index in [-0.39, 0.29) is 18.4 Å². The van der Waals surface area contributed by atoms with Crippen LogP contribution < -0.4 is 0 Å². The van der Waals surface area contributed by atoms with E-state index in [2.05, 4.69) is 0 Å². The smallest absolute Gasteiger partial charge is 0.254 e. The Labute approximate surface area is 126 Å². The van der Waals surface area contributed by atoms with E-state index in [4.69, 9.17) is 0 Å². The van der Waals surface area contributed by atoms with E-state index < -0.39 is 0 Å². The number of carbonyl (C=O) groups is 2. The Bertz CT molecular complexity index is 481. The predicted molar refractivity (Wildman–Crippen MR) is 83.0 cm³/mol. The van der Waals surface area contributed by atoms with Crippen LogP contribution in [0.25, 0.3) is 0 Å². The molecule has 2 rings (SSSR count). The van der Waals surface area contributed by atoms with Crippen molar-refractivity contribution in [3.8, 4) is 0 Å². The number of hydrogen-bond acceptors (Lipinski definition) is 2. The first-order chi connectivity index (χ1) is 10.1. The van der Waals surface area contributed by atoms with Gasteiger partial charge in [0.1, 0.15) is 0 Å². The molecular formula is C17H24N2O2. The molecular weight excluding hydrogens is 264 g/mol. The van der Waals surface area contributed by atoms with E-state index in [1.54, 1.807) is 19.2 Å². The Morgan fingerprint density at radius 2 is 1.67 bits per heavy atom. The maximum absolute atomic E-state index is 12.3. The molecule has 0 aliphatic heterocycles. The van der Waals surface area contributed by atoms with Crippen LogP contribution in [0.15, 0.2) is 30.3 Å². The molecule has 0 aromatic heterocycles. The average molecular weight is 288 g/mol. The number of rotatable bonds is 4. The van der Waals surface area contributed by atoms with Crippen LogP contribution in [0, 0.1) is 0 Å². The number of likely N-dealkylation sites (N-methyl/N-ethyl adjacent to an activating group) is 2. The van der Waals surface area contributed by atoms with Crippen LogP contribution in [0.4, 0.5) is 0 Å². The molecule has 4 heteroatoms. The standard InChI is InChI=1S/C17H24N2O2/c1-18(17(21)14-9-5-3-6-10-14)13-16(20)19(2)15-11-7-4-8-12-15/h3,5-6,9-10,15H,4,7-8,11-13H2,1-2H3. The molecule has 0 bridgehead atoms. The zero-order valence-corrected chi connectivity index (χ0v) is 12.9. The van der Waals surface area contributed by atoms with E-state index in [0.717, 1.165) is 12.8 Å². The summed E-state index contributed by atoms with van der Waals surface area (Å²) in [5, 5.41) is 0. The Kier molecular flexibility index (Phi) is 5.37. The maximum atomic E-state index is 12.3. The van der Waals surface area contributed by atoms with Gasteiger partial charge in [0, 0.05) is 25.7 Å². The van der Waals surface area contributed by atoms with Gasteiger partial charge >= 0.3 is 0 Å². The summed E-state index contributed by atoms with van der Waals surface area (Å²) in [7, 11) is 3.54. The summed E-state index contributed by atoms with van der Waals surface area (Å²) in [6.07, 6.45) is 5.82. The van der Waals surface area contributed by atoms with Gasteiger partial charge in [0.25, 0.3) is 5.91 Å². The van der Waals surface area contributed by atoms with Crippen LogP contribution in [0.3, 0.4) is 0 Å². The largest absolute Gasteiger partial charge is 0.341 e. The fraction of sp³-hybridized carbons (Fsp3) is 0.529. The van der Waals surface area contributed by atoms with Crippen molar-refractivity contribution in [2.45, 2.75) is 38.1 Å².